The highest BCUT2D eigenvalue weighted by atomic mass is 15.3. The van der Waals surface area contributed by atoms with E-state index in [9.17, 15) is 0 Å². The predicted molar refractivity (Wildman–Crippen MR) is 77.7 cm³/mol. The maximum atomic E-state index is 3.57. The second kappa shape index (κ2) is 5.85. The molecule has 1 atom stereocenters. The molecule has 2 heteroatoms. The van der Waals surface area contributed by atoms with Gasteiger partial charge in [-0.1, -0.05) is 44.2 Å². The molecule has 1 heterocycles. The van der Waals surface area contributed by atoms with Crippen LogP contribution in [0.3, 0.4) is 0 Å². The Morgan fingerprint density at radius 1 is 1.22 bits per heavy atom. The fourth-order valence-electron chi connectivity index (χ4n) is 3.26. The van der Waals surface area contributed by atoms with Crippen LogP contribution in [0.2, 0.25) is 0 Å². The van der Waals surface area contributed by atoms with E-state index in [0.717, 1.165) is 19.6 Å². The summed E-state index contributed by atoms with van der Waals surface area (Å²) in [6, 6.07) is 11.6. The van der Waals surface area contributed by atoms with Gasteiger partial charge in [0.2, 0.25) is 0 Å². The molecule has 1 fully saturated rings. The lowest BCUT2D eigenvalue weighted by Gasteiger charge is -2.49. The zero-order valence-corrected chi connectivity index (χ0v) is 11.9. The van der Waals surface area contributed by atoms with Crippen LogP contribution >= 0.6 is 0 Å². The summed E-state index contributed by atoms with van der Waals surface area (Å²) < 4.78 is 0. The van der Waals surface area contributed by atoms with Gasteiger partial charge in [-0.25, -0.2) is 0 Å². The lowest BCUT2D eigenvalue weighted by atomic mass is 9.86. The van der Waals surface area contributed by atoms with Gasteiger partial charge in [-0.3, -0.25) is 4.90 Å². The molecule has 0 spiro atoms. The summed E-state index contributed by atoms with van der Waals surface area (Å²) in [6.07, 6.45) is 2.47. The summed E-state index contributed by atoms with van der Waals surface area (Å²) in [5.74, 6) is 0. The second-order valence-electron chi connectivity index (χ2n) is 5.48. The van der Waals surface area contributed by atoms with Gasteiger partial charge in [0.05, 0.1) is 5.54 Å². The van der Waals surface area contributed by atoms with E-state index < -0.39 is 0 Å². The third-order valence-corrected chi connectivity index (χ3v) is 4.41. The van der Waals surface area contributed by atoms with E-state index in [1.807, 2.05) is 0 Å². The third kappa shape index (κ3) is 2.45. The van der Waals surface area contributed by atoms with Crippen LogP contribution in [0.4, 0.5) is 0 Å². The van der Waals surface area contributed by atoms with Gasteiger partial charge in [-0.05, 0) is 25.3 Å². The number of hydrogen-bond acceptors (Lipinski definition) is 2. The van der Waals surface area contributed by atoms with Crippen molar-refractivity contribution in [1.29, 1.82) is 0 Å². The number of benzene rings is 1. The lowest BCUT2D eigenvalue weighted by Crippen LogP contribution is -2.60. The van der Waals surface area contributed by atoms with Crippen LogP contribution < -0.4 is 5.32 Å². The molecule has 1 N–H and O–H groups in total. The van der Waals surface area contributed by atoms with Crippen LogP contribution in [-0.4, -0.2) is 30.6 Å². The molecule has 0 aliphatic carbocycles. The minimum Gasteiger partial charge on any atom is -0.313 e. The van der Waals surface area contributed by atoms with Gasteiger partial charge in [-0.2, -0.15) is 0 Å². The first-order valence-electron chi connectivity index (χ1n) is 7.25. The number of nitrogens with zero attached hydrogens (tertiary/aromatic N) is 1. The molecule has 2 rings (SSSR count). The molecule has 1 saturated heterocycles. The maximum Gasteiger partial charge on any atom is 0.0560 e. The van der Waals surface area contributed by atoms with Gasteiger partial charge in [0, 0.05) is 25.7 Å². The van der Waals surface area contributed by atoms with E-state index in [1.54, 1.807) is 0 Å². The minimum atomic E-state index is 0.135. The third-order valence-electron chi connectivity index (χ3n) is 4.41. The Kier molecular flexibility index (Phi) is 4.41. The van der Waals surface area contributed by atoms with Crippen molar-refractivity contribution in [3.05, 3.63) is 35.9 Å². The summed E-state index contributed by atoms with van der Waals surface area (Å²) in [5.41, 5.74) is 1.57. The van der Waals surface area contributed by atoms with Crippen molar-refractivity contribution < 1.29 is 0 Å². The first-order chi connectivity index (χ1) is 8.72. The fraction of sp³-hybridized carbons (Fsp3) is 0.625. The lowest BCUT2D eigenvalue weighted by molar-refractivity contribution is 0.0254. The van der Waals surface area contributed by atoms with Crippen molar-refractivity contribution in [3.63, 3.8) is 0 Å². The van der Waals surface area contributed by atoms with Gasteiger partial charge in [0.25, 0.3) is 0 Å². The van der Waals surface area contributed by atoms with Crippen molar-refractivity contribution >= 4 is 0 Å². The molecule has 1 unspecified atom stereocenters. The second-order valence-corrected chi connectivity index (χ2v) is 5.48. The van der Waals surface area contributed by atoms with E-state index in [2.05, 4.69) is 61.3 Å². The Hall–Kier alpha value is -0.860. The van der Waals surface area contributed by atoms with Crippen molar-refractivity contribution in [2.45, 2.75) is 45.2 Å². The molecule has 0 saturated carbocycles. The molecule has 1 aliphatic rings. The fourth-order valence-corrected chi connectivity index (χ4v) is 3.26. The smallest absolute Gasteiger partial charge is 0.0560 e. The standard InChI is InChI=1S/C16H26N2/c1-4-15(5-2)18-12-11-17-13-16(18,3)14-9-7-6-8-10-14/h6-10,15,17H,4-5,11-13H2,1-3H3. The summed E-state index contributed by atoms with van der Waals surface area (Å²) in [7, 11) is 0. The van der Waals surface area contributed by atoms with Gasteiger partial charge in [-0.15, -0.1) is 0 Å². The van der Waals surface area contributed by atoms with Crippen molar-refractivity contribution in [3.8, 4) is 0 Å². The largest absolute Gasteiger partial charge is 0.313 e. The van der Waals surface area contributed by atoms with Crippen LogP contribution in [-0.2, 0) is 5.54 Å². The molecule has 18 heavy (non-hydrogen) atoms. The predicted octanol–water partition coefficient (Wildman–Crippen LogP) is 3.00. The summed E-state index contributed by atoms with van der Waals surface area (Å²) in [4.78, 5) is 2.71. The van der Waals surface area contributed by atoms with Crippen LogP contribution in [0.5, 0.6) is 0 Å². The molecule has 1 aromatic rings. The minimum absolute atomic E-state index is 0.135. The molecule has 1 aliphatic heterocycles. The van der Waals surface area contributed by atoms with Crippen LogP contribution in [0, 0.1) is 0 Å². The van der Waals surface area contributed by atoms with Gasteiger partial charge >= 0.3 is 0 Å². The highest BCUT2D eigenvalue weighted by molar-refractivity contribution is 5.25. The first kappa shape index (κ1) is 13.6. The van der Waals surface area contributed by atoms with Gasteiger partial charge in [0.1, 0.15) is 0 Å². The highest BCUT2D eigenvalue weighted by Crippen LogP contribution is 2.32. The van der Waals surface area contributed by atoms with E-state index in [1.165, 1.54) is 18.4 Å². The zero-order valence-electron chi connectivity index (χ0n) is 11.9. The Morgan fingerprint density at radius 3 is 2.50 bits per heavy atom. The molecular formula is C16H26N2. The quantitative estimate of drug-likeness (QED) is 0.878. The van der Waals surface area contributed by atoms with Gasteiger partial charge < -0.3 is 5.32 Å². The van der Waals surface area contributed by atoms with Crippen LogP contribution in [0.15, 0.2) is 30.3 Å². The molecule has 0 radical (unpaired) electrons. The van der Waals surface area contributed by atoms with Gasteiger partial charge in [0.15, 0.2) is 0 Å². The van der Waals surface area contributed by atoms with E-state index >= 15 is 0 Å². The average molecular weight is 246 g/mol. The number of piperazine rings is 1. The molecular weight excluding hydrogens is 220 g/mol. The van der Waals surface area contributed by atoms with Crippen molar-refractivity contribution in [2.75, 3.05) is 19.6 Å². The molecule has 1 aromatic carbocycles. The van der Waals surface area contributed by atoms with Crippen molar-refractivity contribution in [1.82, 2.24) is 10.2 Å². The first-order valence-corrected chi connectivity index (χ1v) is 7.25. The Morgan fingerprint density at radius 2 is 1.89 bits per heavy atom. The zero-order chi connectivity index (χ0) is 13.0. The van der Waals surface area contributed by atoms with E-state index in [4.69, 9.17) is 0 Å². The summed E-state index contributed by atoms with van der Waals surface area (Å²) >= 11 is 0. The topological polar surface area (TPSA) is 15.3 Å². The molecule has 0 amide bonds. The average Bonchev–Trinajstić information content (AvgIpc) is 2.43. The summed E-state index contributed by atoms with van der Waals surface area (Å²) in [5, 5.41) is 3.57. The Balaban J connectivity index is 2.31. The summed E-state index contributed by atoms with van der Waals surface area (Å²) in [6.45, 7) is 10.3. The highest BCUT2D eigenvalue weighted by Gasteiger charge is 2.38. The maximum absolute atomic E-state index is 3.57. The van der Waals surface area contributed by atoms with Crippen molar-refractivity contribution in [2.24, 2.45) is 0 Å². The normalized spacial score (nSPS) is 25.6. The number of rotatable bonds is 4. The molecule has 0 bridgehead atoms. The number of hydrogen-bond donors (Lipinski definition) is 1. The molecule has 0 aromatic heterocycles. The number of nitrogens with one attached hydrogen (secondary N) is 1. The van der Waals surface area contributed by atoms with E-state index in [-0.39, 0.29) is 5.54 Å². The Labute approximate surface area is 111 Å². The monoisotopic (exact) mass is 246 g/mol. The van der Waals surface area contributed by atoms with Crippen LogP contribution in [0.1, 0.15) is 39.2 Å². The molecule has 2 nitrogen and oxygen atoms in total. The molecule has 100 valence electrons. The van der Waals surface area contributed by atoms with Crippen LogP contribution in [0.25, 0.3) is 0 Å². The van der Waals surface area contributed by atoms with E-state index in [0.29, 0.717) is 6.04 Å². The Bertz CT molecular complexity index is 359. The SMILES string of the molecule is CCC(CC)N1CCNCC1(C)c1ccccc1.